The molecule has 1 atom stereocenters. The van der Waals surface area contributed by atoms with E-state index in [0.29, 0.717) is 5.56 Å². The van der Waals surface area contributed by atoms with Gasteiger partial charge in [-0.2, -0.15) is 0 Å². The monoisotopic (exact) mass is 380 g/mol. The molecule has 3 rings (SSSR count). The van der Waals surface area contributed by atoms with E-state index >= 15 is 0 Å². The van der Waals surface area contributed by atoms with Crippen LogP contribution in [0.1, 0.15) is 33.1 Å². The summed E-state index contributed by atoms with van der Waals surface area (Å²) in [6, 6.07) is 19.2. The SMILES string of the molecule is Cc1ccc([C@H](NC(=O)c2ccccc2Br)c2cccnc2)cc1. The molecule has 3 nitrogen and oxygen atoms in total. The van der Waals surface area contributed by atoms with Crippen molar-refractivity contribution < 1.29 is 4.79 Å². The molecule has 4 heteroatoms. The van der Waals surface area contributed by atoms with Crippen LogP contribution in [0.4, 0.5) is 0 Å². The Morgan fingerprint density at radius 2 is 1.75 bits per heavy atom. The van der Waals surface area contributed by atoms with Gasteiger partial charge in [0.15, 0.2) is 0 Å². The van der Waals surface area contributed by atoms with Gasteiger partial charge in [-0.3, -0.25) is 9.78 Å². The molecule has 3 aromatic rings. The third-order valence-corrected chi connectivity index (χ3v) is 4.51. The average molecular weight is 381 g/mol. The van der Waals surface area contributed by atoms with E-state index in [1.165, 1.54) is 5.56 Å². The van der Waals surface area contributed by atoms with Crippen LogP contribution in [-0.2, 0) is 0 Å². The van der Waals surface area contributed by atoms with Gasteiger partial charge in [-0.15, -0.1) is 0 Å². The number of nitrogens with zero attached hydrogens (tertiary/aromatic N) is 1. The summed E-state index contributed by atoms with van der Waals surface area (Å²) in [6.45, 7) is 2.04. The molecule has 0 aliphatic rings. The van der Waals surface area contributed by atoms with E-state index in [-0.39, 0.29) is 11.9 Å². The summed E-state index contributed by atoms with van der Waals surface area (Å²) < 4.78 is 0.774. The van der Waals surface area contributed by atoms with Gasteiger partial charge in [0, 0.05) is 16.9 Å². The lowest BCUT2D eigenvalue weighted by Crippen LogP contribution is -2.29. The number of carbonyl (C=O) groups is 1. The highest BCUT2D eigenvalue weighted by Gasteiger charge is 2.19. The van der Waals surface area contributed by atoms with Crippen LogP contribution in [0, 0.1) is 6.92 Å². The molecule has 0 spiro atoms. The minimum Gasteiger partial charge on any atom is -0.341 e. The Morgan fingerprint density at radius 1 is 1.00 bits per heavy atom. The molecular weight excluding hydrogens is 364 g/mol. The van der Waals surface area contributed by atoms with Crippen molar-refractivity contribution in [3.63, 3.8) is 0 Å². The largest absolute Gasteiger partial charge is 0.341 e. The van der Waals surface area contributed by atoms with Crippen LogP contribution in [-0.4, -0.2) is 10.9 Å². The van der Waals surface area contributed by atoms with E-state index in [4.69, 9.17) is 0 Å². The number of amides is 1. The summed E-state index contributed by atoms with van der Waals surface area (Å²) in [4.78, 5) is 16.9. The Labute approximate surface area is 149 Å². The van der Waals surface area contributed by atoms with E-state index in [9.17, 15) is 4.79 Å². The summed E-state index contributed by atoms with van der Waals surface area (Å²) in [5, 5.41) is 3.12. The molecule has 24 heavy (non-hydrogen) atoms. The minimum absolute atomic E-state index is 0.128. The number of carbonyl (C=O) groups excluding carboxylic acids is 1. The first-order valence-electron chi connectivity index (χ1n) is 7.67. The summed E-state index contributed by atoms with van der Waals surface area (Å²) in [6.07, 6.45) is 3.51. The number of pyridine rings is 1. The molecule has 0 unspecified atom stereocenters. The smallest absolute Gasteiger partial charge is 0.253 e. The number of aromatic nitrogens is 1. The van der Waals surface area contributed by atoms with Crippen molar-refractivity contribution in [2.24, 2.45) is 0 Å². The fraction of sp³-hybridized carbons (Fsp3) is 0.100. The summed E-state index contributed by atoms with van der Waals surface area (Å²) in [7, 11) is 0. The molecule has 1 heterocycles. The highest BCUT2D eigenvalue weighted by Crippen LogP contribution is 2.24. The van der Waals surface area contributed by atoms with Crippen LogP contribution in [0.25, 0.3) is 0 Å². The standard InChI is InChI=1S/C20H17BrN2O/c1-14-8-10-15(11-9-14)19(16-5-4-12-22-13-16)23-20(24)17-6-2-3-7-18(17)21/h2-13,19H,1H3,(H,23,24)/t19-/m0/s1. The molecule has 120 valence electrons. The topological polar surface area (TPSA) is 42.0 Å². The van der Waals surface area contributed by atoms with Crippen molar-refractivity contribution in [1.82, 2.24) is 10.3 Å². The molecule has 0 bridgehead atoms. The van der Waals surface area contributed by atoms with Crippen molar-refractivity contribution in [2.45, 2.75) is 13.0 Å². The number of hydrogen-bond donors (Lipinski definition) is 1. The molecule has 0 saturated carbocycles. The zero-order valence-electron chi connectivity index (χ0n) is 13.2. The van der Waals surface area contributed by atoms with Crippen molar-refractivity contribution in [3.05, 3.63) is 99.8 Å². The predicted octanol–water partition coefficient (Wildman–Crippen LogP) is 4.67. The van der Waals surface area contributed by atoms with E-state index in [2.05, 4.69) is 26.2 Å². The number of hydrogen-bond acceptors (Lipinski definition) is 2. The first-order chi connectivity index (χ1) is 11.6. The van der Waals surface area contributed by atoms with Gasteiger partial charge in [-0.1, -0.05) is 48.0 Å². The van der Waals surface area contributed by atoms with Crippen molar-refractivity contribution >= 4 is 21.8 Å². The Morgan fingerprint density at radius 3 is 2.42 bits per heavy atom. The quantitative estimate of drug-likeness (QED) is 0.714. The summed E-state index contributed by atoms with van der Waals surface area (Å²) >= 11 is 3.44. The van der Waals surface area contributed by atoms with Gasteiger partial charge in [0.1, 0.15) is 0 Å². The van der Waals surface area contributed by atoms with Gasteiger partial charge >= 0.3 is 0 Å². The zero-order valence-corrected chi connectivity index (χ0v) is 14.8. The number of rotatable bonds is 4. The molecule has 1 N–H and O–H groups in total. The second-order valence-electron chi connectivity index (χ2n) is 5.58. The van der Waals surface area contributed by atoms with Gasteiger partial charge < -0.3 is 5.32 Å². The molecule has 1 amide bonds. The van der Waals surface area contributed by atoms with E-state index in [1.54, 1.807) is 18.5 Å². The Balaban J connectivity index is 1.95. The van der Waals surface area contributed by atoms with Crippen LogP contribution >= 0.6 is 15.9 Å². The maximum atomic E-state index is 12.7. The van der Waals surface area contributed by atoms with Gasteiger partial charge in [-0.25, -0.2) is 0 Å². The summed E-state index contributed by atoms with van der Waals surface area (Å²) in [5.41, 5.74) is 3.76. The van der Waals surface area contributed by atoms with E-state index < -0.39 is 0 Å². The maximum Gasteiger partial charge on any atom is 0.253 e. The first-order valence-corrected chi connectivity index (χ1v) is 8.46. The molecule has 1 aromatic heterocycles. The van der Waals surface area contributed by atoms with Gasteiger partial charge in [-0.05, 0) is 52.2 Å². The second-order valence-corrected chi connectivity index (χ2v) is 6.44. The fourth-order valence-corrected chi connectivity index (χ4v) is 2.98. The third kappa shape index (κ3) is 3.71. The number of aryl methyl sites for hydroxylation is 1. The van der Waals surface area contributed by atoms with Crippen LogP contribution in [0.15, 0.2) is 77.5 Å². The zero-order chi connectivity index (χ0) is 16.9. The van der Waals surface area contributed by atoms with Crippen LogP contribution in [0.5, 0.6) is 0 Å². The molecule has 0 aliphatic carbocycles. The maximum absolute atomic E-state index is 12.7. The van der Waals surface area contributed by atoms with Gasteiger partial charge in [0.2, 0.25) is 0 Å². The van der Waals surface area contributed by atoms with Crippen LogP contribution in [0.2, 0.25) is 0 Å². The highest BCUT2D eigenvalue weighted by atomic mass is 79.9. The Bertz CT molecular complexity index is 832. The fourth-order valence-electron chi connectivity index (χ4n) is 2.52. The Kier molecular flexibility index (Phi) is 5.06. The van der Waals surface area contributed by atoms with Gasteiger partial charge in [0.05, 0.1) is 11.6 Å². The lowest BCUT2D eigenvalue weighted by molar-refractivity contribution is 0.0942. The van der Waals surface area contributed by atoms with Gasteiger partial charge in [0.25, 0.3) is 5.91 Å². The molecule has 2 aromatic carbocycles. The normalized spacial score (nSPS) is 11.8. The summed E-state index contributed by atoms with van der Waals surface area (Å²) in [5.74, 6) is -0.128. The highest BCUT2D eigenvalue weighted by molar-refractivity contribution is 9.10. The minimum atomic E-state index is -0.251. The number of halogens is 1. The average Bonchev–Trinajstić information content (AvgIpc) is 2.61. The van der Waals surface area contributed by atoms with Crippen molar-refractivity contribution in [2.75, 3.05) is 0 Å². The molecule has 0 fully saturated rings. The van der Waals surface area contributed by atoms with Crippen molar-refractivity contribution in [3.8, 4) is 0 Å². The predicted molar refractivity (Wildman–Crippen MR) is 98.9 cm³/mol. The molecule has 0 aliphatic heterocycles. The molecular formula is C20H17BrN2O. The van der Waals surface area contributed by atoms with Crippen molar-refractivity contribution in [1.29, 1.82) is 0 Å². The van der Waals surface area contributed by atoms with E-state index in [0.717, 1.165) is 15.6 Å². The van der Waals surface area contributed by atoms with E-state index in [1.807, 2.05) is 61.5 Å². The lowest BCUT2D eigenvalue weighted by atomic mass is 9.98. The lowest BCUT2D eigenvalue weighted by Gasteiger charge is -2.20. The first kappa shape index (κ1) is 16.4. The Hall–Kier alpha value is -2.46. The number of nitrogens with one attached hydrogen (secondary N) is 1. The molecule has 0 saturated heterocycles. The van der Waals surface area contributed by atoms with Crippen LogP contribution in [0.3, 0.4) is 0 Å². The van der Waals surface area contributed by atoms with Crippen LogP contribution < -0.4 is 5.32 Å². The number of benzene rings is 2. The second kappa shape index (κ2) is 7.41. The molecule has 0 radical (unpaired) electrons. The third-order valence-electron chi connectivity index (χ3n) is 3.82.